The topological polar surface area (TPSA) is 433 Å². The molecule has 1 atom stereocenters. The Balaban J connectivity index is 1.68. The van der Waals surface area contributed by atoms with Gasteiger partial charge in [0.1, 0.15) is 19.3 Å². The van der Waals surface area contributed by atoms with E-state index in [0.29, 0.717) is 87.4 Å². The van der Waals surface area contributed by atoms with E-state index in [-0.39, 0.29) is 122 Å². The molecule has 13 N–H and O–H groups in total. The van der Waals surface area contributed by atoms with E-state index >= 15 is 14.4 Å². The number of nitrogens with one attached hydrogen (secondary N) is 2. The van der Waals surface area contributed by atoms with Crippen LogP contribution in [0.3, 0.4) is 0 Å². The number of hydrogen-bond acceptors (Lipinski definition) is 21. The lowest BCUT2D eigenvalue weighted by molar-refractivity contribution is -0.150. The SMILES string of the molecule is CCOCN(CC(=O)N(CCCCN)CC(=O)NC(CCSC)C(=O)O)C(=O)CN(CCc1ccccc1)C(=O)CN(CCCCN)C(=O)CN(CCCCN)C(=O)CN(CCc1ccc2c(c1)OCO2)C(=O)CN(CC(C)C)C(=O)CN(CCc1ccc(S(N)(=O)=O)cc1)C(=O)CNCCCCN. The predicted molar refractivity (Wildman–Crippen MR) is 396 cm³/mol. The number of nitrogens with zero attached hydrogens (tertiary/aromatic N) is 8. The van der Waals surface area contributed by atoms with E-state index in [9.17, 15) is 47.1 Å². The number of hydrogen-bond donors (Lipinski definition) is 8. The standard InChI is InChI=1S/C71H113N15O16S2/c1-5-100-52-86(51-68(93)79(34-14-10-30-73)44-62(87)78-59(71(96)97)28-40-103-4)70(95)49-83(38-25-55-17-7-6-8-18-55)66(91)46-81(36-16-12-32-75)64(89)45-80(35-15-11-31-74)65(90)47-84(39-27-57-21-24-60-61(41-57)102-53-101-60)67(92)50-85(43-54(2)3)69(94)48-82(63(88)42-77-33-13-9-29-72)37-26-56-19-22-58(23-20-56)104(76,98)99/h6-8,17-24,41,54,59,77H,5,9-16,25-40,42-53,72-75H2,1-4H3,(H,78,87)(H,96,97)(H2,76,98,99). The lowest BCUT2D eigenvalue weighted by atomic mass is 10.1. The zero-order chi connectivity index (χ0) is 76.4. The average molecular weight is 1500 g/mol. The number of fused-ring (bicyclic) bond motifs is 1. The van der Waals surface area contributed by atoms with Crippen LogP contribution < -0.4 is 48.2 Å². The fourth-order valence-electron chi connectivity index (χ4n) is 11.0. The molecule has 0 aliphatic carbocycles. The summed E-state index contributed by atoms with van der Waals surface area (Å²) in [5, 5.41) is 20.8. The number of carbonyl (C=O) groups is 10. The van der Waals surface area contributed by atoms with E-state index in [1.54, 1.807) is 43.5 Å². The Hall–Kier alpha value is -8.02. The number of rotatable bonds is 54. The molecule has 3 aromatic carbocycles. The van der Waals surface area contributed by atoms with Gasteiger partial charge in [-0.2, -0.15) is 11.8 Å². The monoisotopic (exact) mass is 1500 g/mol. The van der Waals surface area contributed by atoms with E-state index in [1.165, 1.54) is 58.2 Å². The number of thioether (sulfide) groups is 1. The number of primary sulfonamides is 1. The van der Waals surface area contributed by atoms with Crippen LogP contribution in [0.15, 0.2) is 77.7 Å². The van der Waals surface area contributed by atoms with Gasteiger partial charge in [0, 0.05) is 52.4 Å². The predicted octanol–water partition coefficient (Wildman–Crippen LogP) is 0.237. The number of amides is 9. The zero-order valence-electron chi connectivity index (χ0n) is 61.1. The van der Waals surface area contributed by atoms with Gasteiger partial charge in [-0.25, -0.2) is 18.4 Å². The van der Waals surface area contributed by atoms with Crippen molar-refractivity contribution in [1.29, 1.82) is 0 Å². The summed E-state index contributed by atoms with van der Waals surface area (Å²) in [6, 6.07) is 19.2. The Labute approximate surface area is 616 Å². The van der Waals surface area contributed by atoms with Gasteiger partial charge in [-0.15, -0.1) is 0 Å². The third-order valence-corrected chi connectivity index (χ3v) is 18.6. The molecule has 4 rings (SSSR count). The summed E-state index contributed by atoms with van der Waals surface area (Å²) in [5.74, 6) is -5.48. The van der Waals surface area contributed by atoms with Crippen molar-refractivity contribution >= 4 is 80.9 Å². The second-order valence-corrected chi connectivity index (χ2v) is 28.3. The second kappa shape index (κ2) is 48.9. The number of ether oxygens (including phenoxy) is 3. The zero-order valence-corrected chi connectivity index (χ0v) is 62.7. The molecule has 33 heteroatoms. The number of benzene rings is 3. The number of nitrogens with two attached hydrogens (primary N) is 5. The summed E-state index contributed by atoms with van der Waals surface area (Å²) in [7, 11) is -3.98. The lowest BCUT2D eigenvalue weighted by Gasteiger charge is -2.33. The van der Waals surface area contributed by atoms with Crippen LogP contribution in [0, 0.1) is 5.92 Å². The summed E-state index contributed by atoms with van der Waals surface area (Å²) in [6.45, 7) is 2.73. The fourth-order valence-corrected chi connectivity index (χ4v) is 12.0. The summed E-state index contributed by atoms with van der Waals surface area (Å²) in [5.41, 5.74) is 25.6. The first-order chi connectivity index (χ1) is 49.8. The molecule has 1 aliphatic rings. The number of carbonyl (C=O) groups excluding carboxylic acids is 9. The van der Waals surface area contributed by atoms with Crippen molar-refractivity contribution < 1.29 is 75.7 Å². The van der Waals surface area contributed by atoms with Crippen LogP contribution in [0.4, 0.5) is 0 Å². The first kappa shape index (κ1) is 88.4. The highest BCUT2D eigenvalue weighted by molar-refractivity contribution is 7.98. The number of sulfonamides is 1. The molecule has 1 aliphatic heterocycles. The molecular weight excluding hydrogens is 1380 g/mol. The molecule has 1 unspecified atom stereocenters. The van der Waals surface area contributed by atoms with Gasteiger partial charge in [-0.05, 0) is 176 Å². The van der Waals surface area contributed by atoms with Crippen LogP contribution in [0.2, 0.25) is 0 Å². The molecule has 0 saturated carbocycles. The maximum absolute atomic E-state index is 15.1. The van der Waals surface area contributed by atoms with E-state index in [1.807, 2.05) is 44.2 Å². The quantitative estimate of drug-likeness (QED) is 0.0277. The first-order valence-corrected chi connectivity index (χ1v) is 38.6. The van der Waals surface area contributed by atoms with Crippen LogP contribution in [0.25, 0.3) is 0 Å². The molecule has 580 valence electrons. The third kappa shape index (κ3) is 33.4. The van der Waals surface area contributed by atoms with Gasteiger partial charge in [-0.3, -0.25) is 43.2 Å². The van der Waals surface area contributed by atoms with E-state index in [0.717, 1.165) is 22.4 Å². The maximum Gasteiger partial charge on any atom is 0.326 e. The molecule has 9 amide bonds. The molecule has 0 spiro atoms. The smallest absolute Gasteiger partial charge is 0.326 e. The average Bonchev–Trinajstić information content (AvgIpc) is 1.13. The van der Waals surface area contributed by atoms with Crippen LogP contribution >= 0.6 is 11.8 Å². The second-order valence-electron chi connectivity index (χ2n) is 25.8. The maximum atomic E-state index is 15.1. The van der Waals surface area contributed by atoms with Gasteiger partial charge in [0.15, 0.2) is 11.5 Å². The number of aliphatic carboxylic acids is 1. The highest BCUT2D eigenvalue weighted by Gasteiger charge is 2.33. The number of unbranched alkanes of at least 4 members (excludes halogenated alkanes) is 4. The van der Waals surface area contributed by atoms with Crippen LogP contribution in [0.1, 0.15) is 95.2 Å². The lowest BCUT2D eigenvalue weighted by Crippen LogP contribution is -2.53. The van der Waals surface area contributed by atoms with Gasteiger partial charge in [0.2, 0.25) is 70.0 Å². The van der Waals surface area contributed by atoms with Crippen LogP contribution in [0.5, 0.6) is 11.5 Å². The molecule has 1 heterocycles. The molecule has 0 radical (unpaired) electrons. The fraction of sp³-hybridized carbons (Fsp3) is 0.606. The Bertz CT molecular complexity index is 3290. The molecule has 31 nitrogen and oxygen atoms in total. The minimum Gasteiger partial charge on any atom is -0.480 e. The molecule has 0 aromatic heterocycles. The summed E-state index contributed by atoms with van der Waals surface area (Å²) < 4.78 is 40.9. The number of carboxylic acids is 1. The van der Waals surface area contributed by atoms with Crippen LogP contribution in [-0.4, -0.2) is 287 Å². The minimum atomic E-state index is -3.98. The molecule has 3 aromatic rings. The van der Waals surface area contributed by atoms with E-state index in [2.05, 4.69) is 10.6 Å². The van der Waals surface area contributed by atoms with Gasteiger partial charge in [0.05, 0.1) is 57.3 Å². The Morgan fingerprint density at radius 1 is 0.529 bits per heavy atom. The molecule has 0 saturated heterocycles. The molecular formula is C71H113N15O16S2. The molecule has 0 bridgehead atoms. The largest absolute Gasteiger partial charge is 0.480 e. The Morgan fingerprint density at radius 2 is 0.952 bits per heavy atom. The van der Waals surface area contributed by atoms with Gasteiger partial charge < -0.3 is 92.1 Å². The van der Waals surface area contributed by atoms with Crippen molar-refractivity contribution in [2.45, 2.75) is 109 Å². The van der Waals surface area contributed by atoms with Crippen LogP contribution in [-0.2, 0) is 82.0 Å². The van der Waals surface area contributed by atoms with Crippen molar-refractivity contribution in [2.24, 2.45) is 34.0 Å². The first-order valence-electron chi connectivity index (χ1n) is 35.7. The number of carboxylic acid groups (broad SMARTS) is 1. The van der Waals surface area contributed by atoms with Crippen molar-refractivity contribution in [3.8, 4) is 11.5 Å². The Morgan fingerprint density at radius 3 is 1.43 bits per heavy atom. The van der Waals surface area contributed by atoms with Crippen molar-refractivity contribution in [3.63, 3.8) is 0 Å². The Kier molecular flexibility index (Phi) is 41.6. The van der Waals surface area contributed by atoms with Crippen molar-refractivity contribution in [1.82, 2.24) is 49.8 Å². The van der Waals surface area contributed by atoms with Gasteiger partial charge >= 0.3 is 5.97 Å². The summed E-state index contributed by atoms with van der Waals surface area (Å²) >= 11 is 1.41. The van der Waals surface area contributed by atoms with E-state index < -0.39 is 128 Å². The highest BCUT2D eigenvalue weighted by atomic mass is 32.2. The van der Waals surface area contributed by atoms with E-state index in [4.69, 9.17) is 42.3 Å². The van der Waals surface area contributed by atoms with Crippen molar-refractivity contribution in [2.75, 3.05) is 170 Å². The normalized spacial score (nSPS) is 11.9. The minimum absolute atomic E-state index is 0.0127. The molecule has 104 heavy (non-hydrogen) atoms. The van der Waals surface area contributed by atoms with Gasteiger partial charge in [-0.1, -0.05) is 62.4 Å². The van der Waals surface area contributed by atoms with Crippen molar-refractivity contribution in [3.05, 3.63) is 89.5 Å². The summed E-state index contributed by atoms with van der Waals surface area (Å²) in [4.78, 5) is 153. The highest BCUT2D eigenvalue weighted by Crippen LogP contribution is 2.32. The summed E-state index contributed by atoms with van der Waals surface area (Å²) in [6.07, 6.45) is 6.60. The third-order valence-electron chi connectivity index (χ3n) is 17.0. The molecule has 0 fully saturated rings. The van der Waals surface area contributed by atoms with Gasteiger partial charge in [0.25, 0.3) is 0 Å².